The quantitative estimate of drug-likeness (QED) is 0.399. The minimum Gasteiger partial charge on any atom is -0.478 e. The van der Waals surface area contributed by atoms with Crippen LogP contribution in [0.15, 0.2) is 75.4 Å². The third-order valence-corrected chi connectivity index (χ3v) is 9.47. The van der Waals surface area contributed by atoms with Crippen LogP contribution in [0.4, 0.5) is 0 Å². The van der Waals surface area contributed by atoms with Gasteiger partial charge in [-0.3, -0.25) is 14.8 Å². The van der Waals surface area contributed by atoms with Crippen molar-refractivity contribution >= 4 is 41.6 Å². The highest BCUT2D eigenvalue weighted by Gasteiger charge is 2.54. The number of carboxylic acid groups (broad SMARTS) is 1. The van der Waals surface area contributed by atoms with Gasteiger partial charge in [0.25, 0.3) is 0 Å². The molecule has 3 N–H and O–H groups in total. The van der Waals surface area contributed by atoms with E-state index in [9.17, 15) is 14.7 Å². The molecule has 0 bridgehead atoms. The minimum atomic E-state index is -1.18. The molecule has 0 fully saturated rings. The van der Waals surface area contributed by atoms with Gasteiger partial charge in [-0.05, 0) is 105 Å². The van der Waals surface area contributed by atoms with Gasteiger partial charge in [0.2, 0.25) is 0 Å². The van der Waals surface area contributed by atoms with Crippen molar-refractivity contribution in [3.63, 3.8) is 0 Å². The van der Waals surface area contributed by atoms with Crippen LogP contribution in [-0.2, 0) is 14.3 Å². The largest absolute Gasteiger partial charge is 0.478 e. The van der Waals surface area contributed by atoms with Crippen molar-refractivity contribution in [3.05, 3.63) is 110 Å². The Morgan fingerprint density at radius 3 is 2.18 bits per heavy atom. The fourth-order valence-electron chi connectivity index (χ4n) is 6.28. The van der Waals surface area contributed by atoms with E-state index in [1.54, 1.807) is 12.2 Å². The van der Waals surface area contributed by atoms with Gasteiger partial charge in [0.05, 0.1) is 41.8 Å². The average Bonchev–Trinajstić information content (AvgIpc) is 3.67. The minimum absolute atomic E-state index is 0.0438. The summed E-state index contributed by atoms with van der Waals surface area (Å²) in [4.78, 5) is 42.4. The number of ether oxygens (including phenoxy) is 1. The number of carbonyl (C=O) groups excluding carboxylic acids is 1. The predicted molar refractivity (Wildman–Crippen MR) is 176 cm³/mol. The van der Waals surface area contributed by atoms with Crippen LogP contribution in [0.3, 0.4) is 0 Å². The Balaban J connectivity index is 1.74. The second kappa shape index (κ2) is 11.3. The Kier molecular flexibility index (Phi) is 7.80. The molecule has 2 aliphatic heterocycles. The van der Waals surface area contributed by atoms with Crippen LogP contribution < -0.4 is 10.7 Å². The zero-order valence-electron chi connectivity index (χ0n) is 26.3. The SMILES string of the molecule is C=CC1=C(C)C(C=C2N=C(C=c3[nH]c(=Cc4[nH]c(C=C)c(C)c4C)c(C)c3C)C3(C)C2=CC=C(C(=O)O)C3C(=O)OC)=NC1. The lowest BCUT2D eigenvalue weighted by molar-refractivity contribution is -0.148. The third kappa shape index (κ3) is 4.71. The summed E-state index contributed by atoms with van der Waals surface area (Å²) in [6.45, 7) is 20.4. The first kappa shape index (κ1) is 30.5. The second-order valence-electron chi connectivity index (χ2n) is 11.6. The second-order valence-corrected chi connectivity index (χ2v) is 11.6. The van der Waals surface area contributed by atoms with E-state index in [4.69, 9.17) is 9.73 Å². The number of aromatic amines is 2. The maximum Gasteiger partial charge on any atom is 0.332 e. The van der Waals surface area contributed by atoms with Crippen LogP contribution >= 0.6 is 0 Å². The monoisotopic (exact) mass is 590 g/mol. The van der Waals surface area contributed by atoms with Crippen molar-refractivity contribution < 1.29 is 19.4 Å². The highest BCUT2D eigenvalue weighted by atomic mass is 16.5. The van der Waals surface area contributed by atoms with Gasteiger partial charge in [-0.25, -0.2) is 4.79 Å². The molecule has 226 valence electrons. The lowest BCUT2D eigenvalue weighted by atomic mass is 9.63. The number of aliphatic carboxylic acids is 1. The molecule has 0 amide bonds. The predicted octanol–water partition coefficient (Wildman–Crippen LogP) is 4.87. The molecule has 44 heavy (non-hydrogen) atoms. The number of carbonyl (C=O) groups is 2. The van der Waals surface area contributed by atoms with E-state index >= 15 is 0 Å². The Hall–Kier alpha value is -4.98. The van der Waals surface area contributed by atoms with Gasteiger partial charge in [-0.2, -0.15) is 0 Å². The molecule has 3 aliphatic rings. The number of rotatable bonds is 7. The molecule has 0 saturated carbocycles. The Bertz CT molecular complexity index is 1970. The van der Waals surface area contributed by atoms with Crippen molar-refractivity contribution in [1.29, 1.82) is 0 Å². The molecule has 1 aliphatic carbocycles. The zero-order chi connectivity index (χ0) is 32.1. The summed E-state index contributed by atoms with van der Waals surface area (Å²) in [5, 5.41) is 11.9. The van der Waals surface area contributed by atoms with Crippen LogP contribution in [0.5, 0.6) is 0 Å². The highest BCUT2D eigenvalue weighted by molar-refractivity contribution is 6.21. The summed E-state index contributed by atoms with van der Waals surface area (Å²) >= 11 is 0. The smallest absolute Gasteiger partial charge is 0.332 e. The number of aliphatic imine (C=N–C) groups is 2. The van der Waals surface area contributed by atoms with Crippen molar-refractivity contribution in [3.8, 4) is 0 Å². The van der Waals surface area contributed by atoms with E-state index in [0.29, 0.717) is 18.0 Å². The number of nitrogens with zero attached hydrogens (tertiary/aromatic N) is 2. The third-order valence-electron chi connectivity index (χ3n) is 9.47. The molecule has 8 nitrogen and oxygen atoms in total. The topological polar surface area (TPSA) is 120 Å². The molecule has 2 aromatic heterocycles. The maximum absolute atomic E-state index is 13.3. The van der Waals surface area contributed by atoms with Crippen LogP contribution in [0, 0.1) is 39.0 Å². The number of aromatic nitrogens is 2. The molecular weight excluding hydrogens is 552 g/mol. The summed E-state index contributed by atoms with van der Waals surface area (Å²) in [6.07, 6.45) is 12.8. The number of fused-ring (bicyclic) bond motifs is 1. The average molecular weight is 591 g/mol. The molecule has 2 atom stereocenters. The van der Waals surface area contributed by atoms with E-state index in [2.05, 4.69) is 55.0 Å². The standard InChI is InChI=1S/C36H38N4O4/c1-10-23-17-37-27(22(23)7)14-31-25-13-12-24(34(41)42)33(35(43)44-9)36(25,8)32(40-31)16-30-21(6)20(5)29(39-30)15-28-19(4)18(3)26(11-2)38-28/h10-16,33,38-39H,1-2,17H2,3-9H3,(H,41,42). The van der Waals surface area contributed by atoms with E-state index in [0.717, 1.165) is 66.8 Å². The van der Waals surface area contributed by atoms with Crippen LogP contribution in [0.2, 0.25) is 0 Å². The van der Waals surface area contributed by atoms with Gasteiger partial charge in [0.15, 0.2) is 0 Å². The molecule has 2 aromatic rings. The number of esters is 1. The van der Waals surface area contributed by atoms with Gasteiger partial charge in [0.1, 0.15) is 5.92 Å². The van der Waals surface area contributed by atoms with E-state index in [1.165, 1.54) is 13.2 Å². The molecule has 4 heterocycles. The summed E-state index contributed by atoms with van der Waals surface area (Å²) in [5.41, 5.74) is 9.94. The molecule has 0 radical (unpaired) electrons. The summed E-state index contributed by atoms with van der Waals surface area (Å²) < 4.78 is 5.18. The van der Waals surface area contributed by atoms with E-state index in [-0.39, 0.29) is 5.57 Å². The lowest BCUT2D eigenvalue weighted by Crippen LogP contribution is -2.44. The molecular formula is C36H38N4O4. The number of hydrogen-bond donors (Lipinski definition) is 3. The first-order valence-corrected chi connectivity index (χ1v) is 14.5. The Morgan fingerprint density at radius 2 is 1.61 bits per heavy atom. The normalized spacial score (nSPS) is 23.0. The fourth-order valence-corrected chi connectivity index (χ4v) is 6.28. The number of allylic oxidation sites excluding steroid dienone is 5. The number of methoxy groups -OCH3 is 1. The molecule has 0 spiro atoms. The summed E-state index contributed by atoms with van der Waals surface area (Å²) in [7, 11) is 1.27. The number of nitrogens with one attached hydrogen (secondary N) is 2. The molecule has 8 heteroatoms. The van der Waals surface area contributed by atoms with Crippen molar-refractivity contribution in [2.45, 2.75) is 41.5 Å². The van der Waals surface area contributed by atoms with Crippen molar-refractivity contribution in [2.24, 2.45) is 21.3 Å². The van der Waals surface area contributed by atoms with Gasteiger partial charge < -0.3 is 19.8 Å². The van der Waals surface area contributed by atoms with Crippen molar-refractivity contribution in [1.82, 2.24) is 9.97 Å². The van der Waals surface area contributed by atoms with Gasteiger partial charge >= 0.3 is 11.9 Å². The van der Waals surface area contributed by atoms with Crippen molar-refractivity contribution in [2.75, 3.05) is 13.7 Å². The number of H-pyrrole nitrogens is 2. The van der Waals surface area contributed by atoms with Gasteiger partial charge in [-0.1, -0.05) is 31.4 Å². The van der Waals surface area contributed by atoms with E-state index in [1.807, 2.05) is 39.0 Å². The van der Waals surface area contributed by atoms with Gasteiger partial charge in [-0.15, -0.1) is 0 Å². The Labute approximate surface area is 257 Å². The van der Waals surface area contributed by atoms with Crippen LogP contribution in [0.25, 0.3) is 18.2 Å². The first-order chi connectivity index (χ1) is 20.9. The summed E-state index contributed by atoms with van der Waals surface area (Å²) in [6, 6.07) is 0. The summed E-state index contributed by atoms with van der Waals surface area (Å²) in [5.74, 6) is -2.93. The number of carboxylic acids is 1. The number of hydrogen-bond acceptors (Lipinski definition) is 5. The molecule has 0 saturated heterocycles. The molecule has 0 aromatic carbocycles. The molecule has 5 rings (SSSR count). The molecule has 2 unspecified atom stereocenters. The highest BCUT2D eigenvalue weighted by Crippen LogP contribution is 2.52. The van der Waals surface area contributed by atoms with Gasteiger partial charge in [0, 0.05) is 22.1 Å². The first-order valence-electron chi connectivity index (χ1n) is 14.5. The maximum atomic E-state index is 13.3. The van der Waals surface area contributed by atoms with Crippen LogP contribution in [-0.4, -0.2) is 52.1 Å². The lowest BCUT2D eigenvalue weighted by Gasteiger charge is -2.36. The van der Waals surface area contributed by atoms with Crippen LogP contribution in [0.1, 0.15) is 47.5 Å². The zero-order valence-corrected chi connectivity index (χ0v) is 26.3. The Morgan fingerprint density at radius 1 is 0.955 bits per heavy atom. The van der Waals surface area contributed by atoms with E-state index < -0.39 is 23.3 Å². The fraction of sp³-hybridized carbons (Fsp3) is 0.278.